The highest BCUT2D eigenvalue weighted by Gasteiger charge is 2.13. The van der Waals surface area contributed by atoms with Crippen molar-refractivity contribution in [1.29, 1.82) is 0 Å². The Hall–Kier alpha value is -1.36. The molecule has 19 heavy (non-hydrogen) atoms. The first-order valence-corrected chi connectivity index (χ1v) is 7.11. The molecule has 1 saturated heterocycles. The van der Waals surface area contributed by atoms with Gasteiger partial charge in [0.05, 0.1) is 7.11 Å². The molecule has 1 aromatic rings. The van der Waals surface area contributed by atoms with Gasteiger partial charge in [0, 0.05) is 25.4 Å². The molecule has 1 atom stereocenters. The normalized spacial score (nSPS) is 18.0. The number of nitrogens with zero attached hydrogens (tertiary/aromatic N) is 3. The molecular weight excluding hydrogens is 240 g/mol. The van der Waals surface area contributed by atoms with Crippen LogP contribution in [0.4, 0.5) is 5.95 Å². The lowest BCUT2D eigenvalue weighted by Gasteiger charge is -2.29. The SMILES string of the molecule is COc1ccnc(NCC(C)CN2CCCCC2)n1. The van der Waals surface area contributed by atoms with E-state index < -0.39 is 0 Å². The first kappa shape index (κ1) is 14.1. The molecule has 106 valence electrons. The molecule has 1 aromatic heterocycles. The maximum atomic E-state index is 5.08. The maximum absolute atomic E-state index is 5.08. The van der Waals surface area contributed by atoms with Crippen molar-refractivity contribution < 1.29 is 4.74 Å². The van der Waals surface area contributed by atoms with E-state index in [9.17, 15) is 0 Å². The van der Waals surface area contributed by atoms with Crippen molar-refractivity contribution in [3.63, 3.8) is 0 Å². The molecule has 1 aliphatic rings. The molecular formula is C14H24N4O. The smallest absolute Gasteiger partial charge is 0.225 e. The van der Waals surface area contributed by atoms with Crippen molar-refractivity contribution in [2.45, 2.75) is 26.2 Å². The quantitative estimate of drug-likeness (QED) is 0.852. The first-order chi connectivity index (χ1) is 9.28. The van der Waals surface area contributed by atoms with Crippen LogP contribution in [0.25, 0.3) is 0 Å². The minimum Gasteiger partial charge on any atom is -0.481 e. The second-order valence-electron chi connectivity index (χ2n) is 5.27. The minimum atomic E-state index is 0.591. The number of nitrogens with one attached hydrogen (secondary N) is 1. The van der Waals surface area contributed by atoms with E-state index in [-0.39, 0.29) is 0 Å². The van der Waals surface area contributed by atoms with Crippen molar-refractivity contribution in [2.75, 3.05) is 38.6 Å². The third-order valence-electron chi connectivity index (χ3n) is 3.47. The van der Waals surface area contributed by atoms with E-state index in [1.165, 1.54) is 32.4 Å². The summed E-state index contributed by atoms with van der Waals surface area (Å²) in [6, 6.07) is 1.75. The van der Waals surface area contributed by atoms with Crippen LogP contribution in [0, 0.1) is 5.92 Å². The van der Waals surface area contributed by atoms with Crippen molar-refractivity contribution in [3.05, 3.63) is 12.3 Å². The second kappa shape index (κ2) is 7.28. The van der Waals surface area contributed by atoms with E-state index in [0.717, 1.165) is 13.1 Å². The van der Waals surface area contributed by atoms with Gasteiger partial charge in [-0.05, 0) is 31.8 Å². The average molecular weight is 264 g/mol. The molecule has 0 spiro atoms. The predicted molar refractivity (Wildman–Crippen MR) is 76.5 cm³/mol. The molecule has 0 radical (unpaired) electrons. The van der Waals surface area contributed by atoms with Crippen LogP contribution in [-0.4, -0.2) is 48.2 Å². The Bertz CT molecular complexity index is 379. The number of aromatic nitrogens is 2. The molecule has 0 bridgehead atoms. The third-order valence-corrected chi connectivity index (χ3v) is 3.47. The van der Waals surface area contributed by atoms with Crippen LogP contribution in [-0.2, 0) is 0 Å². The highest BCUT2D eigenvalue weighted by atomic mass is 16.5. The lowest BCUT2D eigenvalue weighted by Crippen LogP contribution is -2.35. The monoisotopic (exact) mass is 264 g/mol. The molecule has 2 rings (SSSR count). The fourth-order valence-electron chi connectivity index (χ4n) is 2.45. The number of anilines is 1. The van der Waals surface area contributed by atoms with Crippen LogP contribution in [0.3, 0.4) is 0 Å². The van der Waals surface area contributed by atoms with Crippen molar-refractivity contribution in [2.24, 2.45) is 5.92 Å². The lowest BCUT2D eigenvalue weighted by molar-refractivity contribution is 0.204. The van der Waals surface area contributed by atoms with Crippen LogP contribution in [0.5, 0.6) is 5.88 Å². The Balaban J connectivity index is 1.74. The number of hydrogen-bond donors (Lipinski definition) is 1. The molecule has 0 aliphatic carbocycles. The van der Waals surface area contributed by atoms with E-state index in [0.29, 0.717) is 17.7 Å². The van der Waals surface area contributed by atoms with Crippen molar-refractivity contribution >= 4 is 5.95 Å². The molecule has 0 amide bonds. The first-order valence-electron chi connectivity index (χ1n) is 7.11. The van der Waals surface area contributed by atoms with Gasteiger partial charge in [0.25, 0.3) is 0 Å². The summed E-state index contributed by atoms with van der Waals surface area (Å²) in [5.41, 5.74) is 0. The number of methoxy groups -OCH3 is 1. The van der Waals surface area contributed by atoms with E-state index in [2.05, 4.69) is 27.1 Å². The molecule has 5 nitrogen and oxygen atoms in total. The molecule has 1 unspecified atom stereocenters. The predicted octanol–water partition coefficient (Wildman–Crippen LogP) is 2.02. The zero-order chi connectivity index (χ0) is 13.5. The van der Waals surface area contributed by atoms with Gasteiger partial charge >= 0.3 is 0 Å². The Morgan fingerprint density at radius 1 is 1.37 bits per heavy atom. The minimum absolute atomic E-state index is 0.591. The van der Waals surface area contributed by atoms with Gasteiger partial charge in [-0.25, -0.2) is 4.98 Å². The van der Waals surface area contributed by atoms with Gasteiger partial charge < -0.3 is 15.0 Å². The van der Waals surface area contributed by atoms with E-state index >= 15 is 0 Å². The summed E-state index contributed by atoms with van der Waals surface area (Å²) in [4.78, 5) is 11.0. The largest absolute Gasteiger partial charge is 0.481 e. The van der Waals surface area contributed by atoms with Crippen LogP contribution < -0.4 is 10.1 Å². The summed E-state index contributed by atoms with van der Waals surface area (Å²) >= 11 is 0. The Morgan fingerprint density at radius 3 is 2.89 bits per heavy atom. The molecule has 1 aliphatic heterocycles. The summed E-state index contributed by atoms with van der Waals surface area (Å²) in [7, 11) is 1.62. The van der Waals surface area contributed by atoms with Crippen LogP contribution in [0.15, 0.2) is 12.3 Å². The van der Waals surface area contributed by atoms with E-state index in [4.69, 9.17) is 4.74 Å². The molecule has 2 heterocycles. The van der Waals surface area contributed by atoms with E-state index in [1.807, 2.05) is 0 Å². The third kappa shape index (κ3) is 4.67. The number of rotatable bonds is 6. The lowest BCUT2D eigenvalue weighted by atomic mass is 10.1. The van der Waals surface area contributed by atoms with Gasteiger partial charge in [0.15, 0.2) is 0 Å². The number of ether oxygens (including phenoxy) is 1. The zero-order valence-corrected chi connectivity index (χ0v) is 11.9. The van der Waals surface area contributed by atoms with Crippen LogP contribution in [0.1, 0.15) is 26.2 Å². The topological polar surface area (TPSA) is 50.3 Å². The fraction of sp³-hybridized carbons (Fsp3) is 0.714. The molecule has 1 fully saturated rings. The summed E-state index contributed by atoms with van der Waals surface area (Å²) < 4.78 is 5.08. The molecule has 1 N–H and O–H groups in total. The summed E-state index contributed by atoms with van der Waals surface area (Å²) in [6.07, 6.45) is 5.79. The summed E-state index contributed by atoms with van der Waals surface area (Å²) in [6.45, 7) is 6.81. The number of hydrogen-bond acceptors (Lipinski definition) is 5. The van der Waals surface area contributed by atoms with Gasteiger partial charge in [0.1, 0.15) is 0 Å². The van der Waals surface area contributed by atoms with Crippen LogP contribution >= 0.6 is 0 Å². The van der Waals surface area contributed by atoms with Gasteiger partial charge in [-0.3, -0.25) is 0 Å². The Labute approximate surface area is 115 Å². The molecule has 0 saturated carbocycles. The molecule has 0 aromatic carbocycles. The Kier molecular flexibility index (Phi) is 5.39. The van der Waals surface area contributed by atoms with Crippen LogP contribution in [0.2, 0.25) is 0 Å². The molecule has 5 heteroatoms. The average Bonchev–Trinajstić information content (AvgIpc) is 2.46. The summed E-state index contributed by atoms with van der Waals surface area (Å²) in [5.74, 6) is 1.83. The second-order valence-corrected chi connectivity index (χ2v) is 5.27. The van der Waals surface area contributed by atoms with Gasteiger partial charge in [-0.1, -0.05) is 13.3 Å². The van der Waals surface area contributed by atoms with E-state index in [1.54, 1.807) is 19.4 Å². The Morgan fingerprint density at radius 2 is 2.16 bits per heavy atom. The maximum Gasteiger partial charge on any atom is 0.225 e. The zero-order valence-electron chi connectivity index (χ0n) is 11.9. The van der Waals surface area contributed by atoms with Gasteiger partial charge in [0.2, 0.25) is 11.8 Å². The standard InChI is InChI=1S/C14H24N4O/c1-12(11-18-8-4-3-5-9-18)10-16-14-15-7-6-13(17-14)19-2/h6-7,12H,3-5,8-11H2,1-2H3,(H,15,16,17). The highest BCUT2D eigenvalue weighted by Crippen LogP contribution is 2.12. The summed E-state index contributed by atoms with van der Waals surface area (Å²) in [5, 5.41) is 3.28. The highest BCUT2D eigenvalue weighted by molar-refractivity contribution is 5.27. The van der Waals surface area contributed by atoms with Gasteiger partial charge in [-0.2, -0.15) is 4.98 Å². The van der Waals surface area contributed by atoms with Gasteiger partial charge in [-0.15, -0.1) is 0 Å². The van der Waals surface area contributed by atoms with Crippen molar-refractivity contribution in [3.8, 4) is 5.88 Å². The van der Waals surface area contributed by atoms with Crippen molar-refractivity contribution in [1.82, 2.24) is 14.9 Å². The fourth-order valence-corrected chi connectivity index (χ4v) is 2.45. The number of likely N-dealkylation sites (tertiary alicyclic amines) is 1. The number of piperidine rings is 1.